The molecule has 2 atom stereocenters. The molecule has 0 aliphatic rings. The van der Waals surface area contributed by atoms with Gasteiger partial charge < -0.3 is 10.6 Å². The molecule has 0 heterocycles. The fourth-order valence-corrected chi connectivity index (χ4v) is 2.99. The van der Waals surface area contributed by atoms with Crippen LogP contribution in [-0.4, -0.2) is 23.9 Å². The SMILES string of the molecule is CC[C@H](C)NC(=O)[C@@H](NC(=O)C(c1ccccc1)c1ccccc1)C(C)C. The molecule has 0 aliphatic heterocycles. The molecule has 2 amide bonds. The van der Waals surface area contributed by atoms with Crippen LogP contribution in [0.1, 0.15) is 51.2 Å². The van der Waals surface area contributed by atoms with Gasteiger partial charge in [-0.25, -0.2) is 0 Å². The summed E-state index contributed by atoms with van der Waals surface area (Å²) in [5, 5.41) is 5.97. The van der Waals surface area contributed by atoms with Crippen LogP contribution in [0.4, 0.5) is 0 Å². The quantitative estimate of drug-likeness (QED) is 0.745. The minimum Gasteiger partial charge on any atom is -0.352 e. The molecule has 144 valence electrons. The van der Waals surface area contributed by atoms with Gasteiger partial charge in [-0.15, -0.1) is 0 Å². The standard InChI is InChI=1S/C23H30N2O2/c1-5-17(4)24-23(27)21(16(2)3)25-22(26)20(18-12-8-6-9-13-18)19-14-10-7-11-15-19/h6-17,20-21H,5H2,1-4H3,(H,24,27)(H,25,26)/t17-,21-/m0/s1. The van der Waals surface area contributed by atoms with Crippen molar-refractivity contribution in [2.75, 3.05) is 0 Å². The zero-order chi connectivity index (χ0) is 19.8. The van der Waals surface area contributed by atoms with E-state index in [1.54, 1.807) is 0 Å². The highest BCUT2D eigenvalue weighted by atomic mass is 16.2. The van der Waals surface area contributed by atoms with Gasteiger partial charge in [-0.05, 0) is 30.4 Å². The minimum atomic E-state index is -0.568. The highest BCUT2D eigenvalue weighted by Gasteiger charge is 2.29. The number of carbonyl (C=O) groups is 2. The lowest BCUT2D eigenvalue weighted by Crippen LogP contribution is -2.52. The minimum absolute atomic E-state index is 0.00907. The maximum atomic E-state index is 13.2. The summed E-state index contributed by atoms with van der Waals surface area (Å²) in [6, 6.07) is 18.9. The Balaban J connectivity index is 2.27. The van der Waals surface area contributed by atoms with Gasteiger partial charge in [0.25, 0.3) is 0 Å². The molecular formula is C23H30N2O2. The maximum absolute atomic E-state index is 13.2. The third-order valence-electron chi connectivity index (χ3n) is 4.78. The van der Waals surface area contributed by atoms with Crippen LogP contribution in [0, 0.1) is 5.92 Å². The second-order valence-corrected chi connectivity index (χ2v) is 7.30. The number of amides is 2. The molecule has 27 heavy (non-hydrogen) atoms. The summed E-state index contributed by atoms with van der Waals surface area (Å²) in [5.74, 6) is -0.756. The van der Waals surface area contributed by atoms with Gasteiger partial charge >= 0.3 is 0 Å². The van der Waals surface area contributed by atoms with E-state index in [1.807, 2.05) is 88.4 Å². The highest BCUT2D eigenvalue weighted by Crippen LogP contribution is 2.25. The molecular weight excluding hydrogens is 336 g/mol. The van der Waals surface area contributed by atoms with Crippen LogP contribution in [0.5, 0.6) is 0 Å². The average molecular weight is 367 g/mol. The van der Waals surface area contributed by atoms with Crippen LogP contribution in [0.3, 0.4) is 0 Å². The summed E-state index contributed by atoms with van der Waals surface area (Å²) in [5.41, 5.74) is 1.82. The van der Waals surface area contributed by atoms with Gasteiger partial charge in [0.2, 0.25) is 11.8 Å². The topological polar surface area (TPSA) is 58.2 Å². The molecule has 2 aromatic rings. The maximum Gasteiger partial charge on any atom is 0.243 e. The van der Waals surface area contributed by atoms with Gasteiger partial charge in [0, 0.05) is 6.04 Å². The number of carbonyl (C=O) groups excluding carboxylic acids is 2. The normalized spacial score (nSPS) is 13.3. The molecule has 0 saturated heterocycles. The van der Waals surface area contributed by atoms with Gasteiger partial charge in [0.1, 0.15) is 6.04 Å². The Morgan fingerprint density at radius 3 is 1.67 bits per heavy atom. The van der Waals surface area contributed by atoms with E-state index in [2.05, 4.69) is 10.6 Å². The van der Waals surface area contributed by atoms with Crippen molar-refractivity contribution < 1.29 is 9.59 Å². The van der Waals surface area contributed by atoms with E-state index >= 15 is 0 Å². The van der Waals surface area contributed by atoms with Gasteiger partial charge in [-0.3, -0.25) is 9.59 Å². The lowest BCUT2D eigenvalue weighted by molar-refractivity contribution is -0.130. The predicted octanol–water partition coefficient (Wildman–Crippen LogP) is 3.87. The van der Waals surface area contributed by atoms with E-state index < -0.39 is 12.0 Å². The van der Waals surface area contributed by atoms with E-state index in [9.17, 15) is 9.59 Å². The Hall–Kier alpha value is -2.62. The highest BCUT2D eigenvalue weighted by molar-refractivity contribution is 5.92. The molecule has 0 radical (unpaired) electrons. The number of hydrogen-bond donors (Lipinski definition) is 2. The molecule has 0 aromatic heterocycles. The van der Waals surface area contributed by atoms with Gasteiger partial charge in [-0.1, -0.05) is 81.4 Å². The van der Waals surface area contributed by atoms with Crippen LogP contribution < -0.4 is 10.6 Å². The molecule has 0 saturated carbocycles. The summed E-state index contributed by atoms with van der Waals surface area (Å²) in [4.78, 5) is 25.9. The van der Waals surface area contributed by atoms with E-state index in [1.165, 1.54) is 0 Å². The predicted molar refractivity (Wildman–Crippen MR) is 109 cm³/mol. The molecule has 2 aromatic carbocycles. The Morgan fingerprint density at radius 2 is 1.26 bits per heavy atom. The number of nitrogens with one attached hydrogen (secondary N) is 2. The first-order valence-electron chi connectivity index (χ1n) is 9.64. The van der Waals surface area contributed by atoms with Crippen molar-refractivity contribution in [1.82, 2.24) is 10.6 Å². The zero-order valence-electron chi connectivity index (χ0n) is 16.6. The van der Waals surface area contributed by atoms with Gasteiger partial charge in [-0.2, -0.15) is 0 Å². The van der Waals surface area contributed by atoms with Gasteiger partial charge in [0.15, 0.2) is 0 Å². The molecule has 0 bridgehead atoms. The average Bonchev–Trinajstić information content (AvgIpc) is 2.67. The Kier molecular flexibility index (Phi) is 7.59. The zero-order valence-corrected chi connectivity index (χ0v) is 16.6. The smallest absolute Gasteiger partial charge is 0.243 e. The molecule has 4 heteroatoms. The lowest BCUT2D eigenvalue weighted by atomic mass is 9.89. The largest absolute Gasteiger partial charge is 0.352 e. The first-order valence-corrected chi connectivity index (χ1v) is 9.64. The fraction of sp³-hybridized carbons (Fsp3) is 0.391. The summed E-state index contributed by atoms with van der Waals surface area (Å²) >= 11 is 0. The van der Waals surface area contributed by atoms with Crippen molar-refractivity contribution in [2.45, 2.75) is 52.1 Å². The molecule has 2 rings (SSSR count). The van der Waals surface area contributed by atoms with Crippen LogP contribution in [0.2, 0.25) is 0 Å². The molecule has 2 N–H and O–H groups in total. The molecule has 0 aliphatic carbocycles. The van der Waals surface area contributed by atoms with Crippen molar-refractivity contribution in [3.05, 3.63) is 71.8 Å². The third kappa shape index (κ3) is 5.68. The van der Waals surface area contributed by atoms with Crippen molar-refractivity contribution in [3.8, 4) is 0 Å². The first kappa shape index (κ1) is 20.7. The van der Waals surface area contributed by atoms with E-state index in [4.69, 9.17) is 0 Å². The van der Waals surface area contributed by atoms with Crippen LogP contribution in [0.25, 0.3) is 0 Å². The summed E-state index contributed by atoms with van der Waals surface area (Å²) in [7, 11) is 0. The van der Waals surface area contributed by atoms with Crippen molar-refractivity contribution >= 4 is 11.8 Å². The third-order valence-corrected chi connectivity index (χ3v) is 4.78. The Bertz CT molecular complexity index is 689. The Labute approximate surface area is 162 Å². The van der Waals surface area contributed by atoms with Crippen molar-refractivity contribution in [2.24, 2.45) is 5.92 Å². The molecule has 0 unspecified atom stereocenters. The van der Waals surface area contributed by atoms with E-state index in [0.717, 1.165) is 17.5 Å². The van der Waals surface area contributed by atoms with Crippen LogP contribution >= 0.6 is 0 Å². The van der Waals surface area contributed by atoms with E-state index in [-0.39, 0.29) is 23.8 Å². The number of benzene rings is 2. The lowest BCUT2D eigenvalue weighted by Gasteiger charge is -2.26. The van der Waals surface area contributed by atoms with Crippen LogP contribution in [0.15, 0.2) is 60.7 Å². The van der Waals surface area contributed by atoms with Crippen molar-refractivity contribution in [3.63, 3.8) is 0 Å². The van der Waals surface area contributed by atoms with Crippen molar-refractivity contribution in [1.29, 1.82) is 0 Å². The van der Waals surface area contributed by atoms with Gasteiger partial charge in [0.05, 0.1) is 5.92 Å². The second-order valence-electron chi connectivity index (χ2n) is 7.30. The molecule has 0 fully saturated rings. The molecule has 4 nitrogen and oxygen atoms in total. The summed E-state index contributed by atoms with van der Waals surface area (Å²) < 4.78 is 0. The second kappa shape index (κ2) is 9.91. The summed E-state index contributed by atoms with van der Waals surface area (Å²) in [6.45, 7) is 7.88. The first-order chi connectivity index (χ1) is 12.9. The van der Waals surface area contributed by atoms with Crippen LogP contribution in [-0.2, 0) is 9.59 Å². The monoisotopic (exact) mass is 366 g/mol. The van der Waals surface area contributed by atoms with E-state index in [0.29, 0.717) is 0 Å². The molecule has 0 spiro atoms. The number of rotatable bonds is 8. The number of hydrogen-bond acceptors (Lipinski definition) is 2. The Morgan fingerprint density at radius 1 is 0.778 bits per heavy atom. The summed E-state index contributed by atoms with van der Waals surface area (Å²) in [6.07, 6.45) is 0.848. The fourth-order valence-electron chi connectivity index (χ4n) is 2.99.